The maximum absolute atomic E-state index is 9.74. The molecule has 164 valence electrons. The summed E-state index contributed by atoms with van der Waals surface area (Å²) in [4.78, 5) is 20.7. The molecule has 0 radical (unpaired) electrons. The molecule has 0 amide bonds. The van der Waals surface area contributed by atoms with E-state index in [0.717, 1.165) is 75.1 Å². The molecule has 0 bridgehead atoms. The fourth-order valence-electron chi connectivity index (χ4n) is 4.62. The SMILES string of the molecule is OCC1CCCCN1c1cc(N2CCN(Cc3cn4cc(Cl)ccc4n3)CC2)ncn1. The van der Waals surface area contributed by atoms with Gasteiger partial charge in [-0.1, -0.05) is 11.6 Å². The second-order valence-electron chi connectivity index (χ2n) is 8.37. The highest BCUT2D eigenvalue weighted by molar-refractivity contribution is 6.30. The standard InChI is InChI=1S/C22H28ClN7O/c23-17-4-5-20-26-18(14-29(20)12-17)13-27-7-9-28(10-8-27)21-11-22(25-16-24-21)30-6-2-1-3-19(30)15-31/h4-5,11-12,14,16,19,31H,1-3,6-10,13,15H2. The van der Waals surface area contributed by atoms with Crippen LogP contribution in [0.25, 0.3) is 5.65 Å². The van der Waals surface area contributed by atoms with Crippen molar-refractivity contribution in [3.8, 4) is 0 Å². The van der Waals surface area contributed by atoms with Crippen LogP contribution in [-0.4, -0.2) is 74.7 Å². The van der Waals surface area contributed by atoms with Gasteiger partial charge >= 0.3 is 0 Å². The number of anilines is 2. The molecule has 0 spiro atoms. The van der Waals surface area contributed by atoms with Gasteiger partial charge in [-0.05, 0) is 31.4 Å². The van der Waals surface area contributed by atoms with E-state index in [2.05, 4.69) is 36.9 Å². The highest BCUT2D eigenvalue weighted by atomic mass is 35.5. The van der Waals surface area contributed by atoms with Crippen LogP contribution < -0.4 is 9.80 Å². The van der Waals surface area contributed by atoms with Gasteiger partial charge in [-0.25, -0.2) is 15.0 Å². The van der Waals surface area contributed by atoms with Crippen LogP contribution in [0.2, 0.25) is 5.02 Å². The number of aromatic nitrogens is 4. The van der Waals surface area contributed by atoms with E-state index < -0.39 is 0 Å². The number of fused-ring (bicyclic) bond motifs is 1. The molecule has 0 aliphatic carbocycles. The number of pyridine rings is 1. The lowest BCUT2D eigenvalue weighted by Crippen LogP contribution is -2.46. The highest BCUT2D eigenvalue weighted by Crippen LogP contribution is 2.25. The molecule has 9 heteroatoms. The third kappa shape index (κ3) is 4.46. The van der Waals surface area contributed by atoms with Gasteiger partial charge in [0.05, 0.1) is 23.4 Å². The Labute approximate surface area is 187 Å². The van der Waals surface area contributed by atoms with Crippen molar-refractivity contribution in [3.05, 3.63) is 47.6 Å². The lowest BCUT2D eigenvalue weighted by atomic mass is 10.0. The maximum Gasteiger partial charge on any atom is 0.137 e. The maximum atomic E-state index is 9.74. The van der Waals surface area contributed by atoms with E-state index in [1.807, 2.05) is 22.7 Å². The van der Waals surface area contributed by atoms with Gasteiger partial charge in [0, 0.05) is 57.7 Å². The Balaban J connectivity index is 1.22. The van der Waals surface area contributed by atoms with Crippen LogP contribution in [0.5, 0.6) is 0 Å². The van der Waals surface area contributed by atoms with Gasteiger partial charge in [-0.15, -0.1) is 0 Å². The first kappa shape index (κ1) is 20.5. The number of piperazine rings is 1. The number of aliphatic hydroxyl groups excluding tert-OH is 1. The number of nitrogens with zero attached hydrogens (tertiary/aromatic N) is 7. The molecule has 2 fully saturated rings. The van der Waals surface area contributed by atoms with Crippen LogP contribution in [0.3, 0.4) is 0 Å². The van der Waals surface area contributed by atoms with E-state index in [1.54, 1.807) is 6.33 Å². The first-order valence-corrected chi connectivity index (χ1v) is 11.4. The monoisotopic (exact) mass is 441 g/mol. The number of rotatable bonds is 5. The van der Waals surface area contributed by atoms with E-state index >= 15 is 0 Å². The van der Waals surface area contributed by atoms with E-state index in [-0.39, 0.29) is 12.6 Å². The fourth-order valence-corrected chi connectivity index (χ4v) is 4.78. The van der Waals surface area contributed by atoms with Crippen molar-refractivity contribution in [3.63, 3.8) is 0 Å². The number of piperidine rings is 1. The zero-order valence-corrected chi connectivity index (χ0v) is 18.3. The predicted molar refractivity (Wildman–Crippen MR) is 122 cm³/mol. The molecule has 5 heterocycles. The minimum absolute atomic E-state index is 0.161. The number of halogens is 1. The Hall–Kier alpha value is -2.42. The van der Waals surface area contributed by atoms with Gasteiger partial charge in [0.15, 0.2) is 0 Å². The van der Waals surface area contributed by atoms with Crippen molar-refractivity contribution < 1.29 is 5.11 Å². The van der Waals surface area contributed by atoms with E-state index in [1.165, 1.54) is 6.42 Å². The van der Waals surface area contributed by atoms with Crippen LogP contribution in [0.1, 0.15) is 25.0 Å². The topological polar surface area (TPSA) is 73.0 Å². The molecular formula is C22H28ClN7O. The highest BCUT2D eigenvalue weighted by Gasteiger charge is 2.25. The lowest BCUT2D eigenvalue weighted by Gasteiger charge is -2.37. The Morgan fingerprint density at radius 3 is 2.68 bits per heavy atom. The first-order chi connectivity index (χ1) is 15.2. The number of hydrogen-bond donors (Lipinski definition) is 1. The molecule has 2 saturated heterocycles. The Bertz CT molecular complexity index is 1030. The average molecular weight is 442 g/mol. The second kappa shape index (κ2) is 8.98. The van der Waals surface area contributed by atoms with E-state index in [0.29, 0.717) is 5.02 Å². The number of aliphatic hydroxyl groups is 1. The van der Waals surface area contributed by atoms with Crippen molar-refractivity contribution >= 4 is 28.9 Å². The summed E-state index contributed by atoms with van der Waals surface area (Å²) in [5, 5.41) is 10.4. The molecule has 2 aliphatic heterocycles. The average Bonchev–Trinajstić information content (AvgIpc) is 3.21. The molecule has 1 atom stereocenters. The summed E-state index contributed by atoms with van der Waals surface area (Å²) >= 11 is 6.08. The van der Waals surface area contributed by atoms with Crippen LogP contribution >= 0.6 is 11.6 Å². The molecular weight excluding hydrogens is 414 g/mol. The van der Waals surface area contributed by atoms with E-state index in [4.69, 9.17) is 16.6 Å². The third-order valence-corrected chi connectivity index (χ3v) is 6.54. The Kier molecular flexibility index (Phi) is 5.93. The largest absolute Gasteiger partial charge is 0.394 e. The molecule has 0 saturated carbocycles. The van der Waals surface area contributed by atoms with Gasteiger partial charge in [0.1, 0.15) is 23.6 Å². The first-order valence-electron chi connectivity index (χ1n) is 11.0. The van der Waals surface area contributed by atoms with Crippen molar-refractivity contribution in [1.29, 1.82) is 0 Å². The Morgan fingerprint density at radius 1 is 1.00 bits per heavy atom. The molecule has 2 aliphatic rings. The smallest absolute Gasteiger partial charge is 0.137 e. The van der Waals surface area contributed by atoms with Crippen molar-refractivity contribution in [2.24, 2.45) is 0 Å². The summed E-state index contributed by atoms with van der Waals surface area (Å²) in [5.74, 6) is 1.89. The van der Waals surface area contributed by atoms with Crippen LogP contribution in [0.4, 0.5) is 11.6 Å². The van der Waals surface area contributed by atoms with Gasteiger partial charge in [-0.3, -0.25) is 4.90 Å². The summed E-state index contributed by atoms with van der Waals surface area (Å²) < 4.78 is 1.98. The van der Waals surface area contributed by atoms with Crippen molar-refractivity contribution in [2.75, 3.05) is 49.1 Å². The molecule has 3 aromatic rings. The minimum atomic E-state index is 0.161. The molecule has 8 nitrogen and oxygen atoms in total. The molecule has 1 unspecified atom stereocenters. The molecule has 0 aromatic carbocycles. The lowest BCUT2D eigenvalue weighted by molar-refractivity contribution is 0.239. The summed E-state index contributed by atoms with van der Waals surface area (Å²) in [7, 11) is 0. The van der Waals surface area contributed by atoms with E-state index in [9.17, 15) is 5.11 Å². The molecule has 31 heavy (non-hydrogen) atoms. The van der Waals surface area contributed by atoms with Gasteiger partial charge in [0.25, 0.3) is 0 Å². The second-order valence-corrected chi connectivity index (χ2v) is 8.80. The number of hydrogen-bond acceptors (Lipinski definition) is 7. The summed E-state index contributed by atoms with van der Waals surface area (Å²) in [6.07, 6.45) is 8.93. The zero-order chi connectivity index (χ0) is 21.2. The minimum Gasteiger partial charge on any atom is -0.394 e. The quantitative estimate of drug-likeness (QED) is 0.651. The third-order valence-electron chi connectivity index (χ3n) is 6.32. The molecule has 1 N–H and O–H groups in total. The fraction of sp³-hybridized carbons (Fsp3) is 0.500. The van der Waals surface area contributed by atoms with Crippen molar-refractivity contribution in [1.82, 2.24) is 24.3 Å². The summed E-state index contributed by atoms with van der Waals surface area (Å²) in [6, 6.07) is 6.05. The van der Waals surface area contributed by atoms with Gasteiger partial charge in [0.2, 0.25) is 0 Å². The zero-order valence-electron chi connectivity index (χ0n) is 17.6. The summed E-state index contributed by atoms with van der Waals surface area (Å²) in [5.41, 5.74) is 1.98. The summed E-state index contributed by atoms with van der Waals surface area (Å²) in [6.45, 7) is 5.69. The van der Waals surface area contributed by atoms with Crippen LogP contribution in [-0.2, 0) is 6.54 Å². The predicted octanol–water partition coefficient (Wildman–Crippen LogP) is 2.45. The van der Waals surface area contributed by atoms with Gasteiger partial charge < -0.3 is 19.3 Å². The van der Waals surface area contributed by atoms with Crippen LogP contribution in [0.15, 0.2) is 36.9 Å². The normalized spacial score (nSPS) is 20.5. The molecule has 3 aromatic heterocycles. The van der Waals surface area contributed by atoms with Crippen molar-refractivity contribution in [2.45, 2.75) is 31.8 Å². The number of imidazole rings is 1. The Morgan fingerprint density at radius 2 is 1.84 bits per heavy atom. The van der Waals surface area contributed by atoms with Gasteiger partial charge in [-0.2, -0.15) is 0 Å². The van der Waals surface area contributed by atoms with Crippen LogP contribution in [0, 0.1) is 0 Å². The molecule has 5 rings (SSSR count).